The summed E-state index contributed by atoms with van der Waals surface area (Å²) >= 11 is 0. The first-order valence-corrected chi connectivity index (χ1v) is 9.99. The number of aliphatic hydroxyl groups is 1. The van der Waals surface area contributed by atoms with Gasteiger partial charge in [0.25, 0.3) is 5.91 Å². The number of hydrogen-bond donors (Lipinski definition) is 2. The van der Waals surface area contributed by atoms with Crippen LogP contribution in [0.1, 0.15) is 34.5 Å². The summed E-state index contributed by atoms with van der Waals surface area (Å²) in [5, 5.41) is 11.4. The Balaban J connectivity index is 1.73. The second-order valence-corrected chi connectivity index (χ2v) is 7.90. The zero-order valence-corrected chi connectivity index (χ0v) is 17.3. The molecule has 2 aromatic heterocycles. The molecule has 3 aromatic rings. The highest BCUT2D eigenvalue weighted by Gasteiger charge is 2.45. The molecule has 0 saturated heterocycles. The number of para-hydroxylation sites is 1. The number of nitrogens with zero attached hydrogens (tertiary/aromatic N) is 1. The van der Waals surface area contributed by atoms with E-state index >= 15 is 0 Å². The van der Waals surface area contributed by atoms with Crippen LogP contribution in [0.3, 0.4) is 0 Å². The third kappa shape index (κ3) is 3.52. The fourth-order valence-corrected chi connectivity index (χ4v) is 3.84. The summed E-state index contributed by atoms with van der Waals surface area (Å²) < 4.78 is 11.5. The number of Topliss-reactive ketones (excluding diaryl/α,β-unsaturated/α-hetero) is 1. The summed E-state index contributed by atoms with van der Waals surface area (Å²) in [6.45, 7) is 3.04. The fraction of sp³-hybridized carbons (Fsp3) is 0.304. The third-order valence-corrected chi connectivity index (χ3v) is 5.30. The lowest BCUT2D eigenvalue weighted by Gasteiger charge is -2.24. The lowest BCUT2D eigenvalue weighted by molar-refractivity contribution is -0.858. The molecule has 0 saturated carbocycles. The normalized spacial score (nSPS) is 17.0. The maximum absolute atomic E-state index is 13.4. The van der Waals surface area contributed by atoms with Gasteiger partial charge in [-0.2, -0.15) is 0 Å². The predicted molar refractivity (Wildman–Crippen MR) is 110 cm³/mol. The van der Waals surface area contributed by atoms with E-state index in [9.17, 15) is 14.7 Å². The van der Waals surface area contributed by atoms with Gasteiger partial charge in [0.05, 0.1) is 26.2 Å². The average Bonchev–Trinajstić information content (AvgIpc) is 3.39. The van der Waals surface area contributed by atoms with E-state index in [4.69, 9.17) is 8.83 Å². The molecule has 7 heteroatoms. The summed E-state index contributed by atoms with van der Waals surface area (Å²) in [5.41, 5.74) is 0.562. The number of quaternary nitrogens is 1. The van der Waals surface area contributed by atoms with Gasteiger partial charge in [0.15, 0.2) is 11.5 Å². The Kier molecular flexibility index (Phi) is 5.22. The summed E-state index contributed by atoms with van der Waals surface area (Å²) in [5.74, 6) is -0.437. The second-order valence-electron chi connectivity index (χ2n) is 7.90. The molecule has 1 aliphatic heterocycles. The molecule has 0 radical (unpaired) electrons. The number of amides is 1. The molecule has 0 fully saturated rings. The lowest BCUT2D eigenvalue weighted by Crippen LogP contribution is -3.05. The standard InChI is InChI=1S/C23H24N2O5/c1-14-9-10-17(29-14)20-19(22(27)23(28)25(20)12-6-11-24(2)3)21(26)18-13-15-7-4-5-8-16(15)30-18/h4-5,7-10,13,20,27H,6,11-12H2,1-3H3/p+1/t20-/m0/s1. The van der Waals surface area contributed by atoms with Crippen LogP contribution < -0.4 is 4.90 Å². The zero-order valence-electron chi connectivity index (χ0n) is 17.3. The first-order valence-electron chi connectivity index (χ1n) is 9.99. The number of fused-ring (bicyclic) bond motifs is 1. The van der Waals surface area contributed by atoms with E-state index in [-0.39, 0.29) is 11.3 Å². The van der Waals surface area contributed by atoms with Gasteiger partial charge in [0.2, 0.25) is 5.78 Å². The van der Waals surface area contributed by atoms with Crippen molar-refractivity contribution in [3.05, 3.63) is 71.1 Å². The van der Waals surface area contributed by atoms with Crippen molar-refractivity contribution in [2.75, 3.05) is 27.2 Å². The molecule has 1 amide bonds. The van der Waals surface area contributed by atoms with E-state index in [1.54, 1.807) is 31.2 Å². The van der Waals surface area contributed by atoms with Crippen LogP contribution in [-0.2, 0) is 4.79 Å². The molecule has 1 aliphatic rings. The number of carbonyl (C=O) groups excluding carboxylic acids is 2. The van der Waals surface area contributed by atoms with E-state index in [0.717, 1.165) is 18.4 Å². The number of furan rings is 2. The van der Waals surface area contributed by atoms with Crippen molar-refractivity contribution in [1.82, 2.24) is 4.90 Å². The SMILES string of the molecule is Cc1ccc([C@H]2C(C(=O)c3cc4ccccc4o3)=C(O)C(=O)N2CCC[NH+](C)C)o1. The number of ketones is 1. The highest BCUT2D eigenvalue weighted by Crippen LogP contribution is 2.40. The molecule has 30 heavy (non-hydrogen) atoms. The highest BCUT2D eigenvalue weighted by atomic mass is 16.4. The Bertz CT molecular complexity index is 1100. The summed E-state index contributed by atoms with van der Waals surface area (Å²) in [4.78, 5) is 29.0. The van der Waals surface area contributed by atoms with Crippen LogP contribution in [0.5, 0.6) is 0 Å². The number of aliphatic hydroxyl groups excluding tert-OH is 1. The topological polar surface area (TPSA) is 88.3 Å². The van der Waals surface area contributed by atoms with E-state index in [1.165, 1.54) is 9.80 Å². The third-order valence-electron chi connectivity index (χ3n) is 5.30. The first kappa shape index (κ1) is 20.0. The molecule has 3 heterocycles. The Morgan fingerprint density at radius 3 is 2.60 bits per heavy atom. The molecule has 4 rings (SSSR count). The van der Waals surface area contributed by atoms with E-state index in [2.05, 4.69) is 0 Å². The minimum absolute atomic E-state index is 0.00870. The van der Waals surface area contributed by atoms with Gasteiger partial charge in [-0.1, -0.05) is 18.2 Å². The van der Waals surface area contributed by atoms with E-state index < -0.39 is 23.5 Å². The minimum Gasteiger partial charge on any atom is -0.503 e. The zero-order chi connectivity index (χ0) is 21.4. The van der Waals surface area contributed by atoms with Crippen LogP contribution in [0.15, 0.2) is 62.6 Å². The van der Waals surface area contributed by atoms with Gasteiger partial charge < -0.3 is 23.7 Å². The summed E-state index contributed by atoms with van der Waals surface area (Å²) in [6, 6.07) is 11.6. The largest absolute Gasteiger partial charge is 0.503 e. The number of nitrogens with one attached hydrogen (secondary N) is 1. The van der Waals surface area contributed by atoms with Crippen LogP contribution in [0.4, 0.5) is 0 Å². The second kappa shape index (κ2) is 7.84. The molecule has 1 atom stereocenters. The molecular formula is C23H25N2O5+. The molecule has 0 aliphatic carbocycles. The highest BCUT2D eigenvalue weighted by molar-refractivity contribution is 6.15. The maximum Gasteiger partial charge on any atom is 0.290 e. The quantitative estimate of drug-likeness (QED) is 0.585. The molecule has 0 unspecified atom stereocenters. The molecule has 1 aromatic carbocycles. The molecule has 2 N–H and O–H groups in total. The maximum atomic E-state index is 13.4. The van der Waals surface area contributed by atoms with Crippen molar-refractivity contribution in [3.63, 3.8) is 0 Å². The number of carbonyl (C=O) groups is 2. The van der Waals surface area contributed by atoms with Crippen molar-refractivity contribution < 1.29 is 28.4 Å². The van der Waals surface area contributed by atoms with Crippen molar-refractivity contribution in [2.45, 2.75) is 19.4 Å². The Morgan fingerprint density at radius 1 is 1.17 bits per heavy atom. The van der Waals surface area contributed by atoms with E-state index in [1.807, 2.05) is 32.3 Å². The van der Waals surface area contributed by atoms with Crippen molar-refractivity contribution >= 4 is 22.7 Å². The van der Waals surface area contributed by atoms with Crippen LogP contribution in [0.2, 0.25) is 0 Å². The first-order chi connectivity index (χ1) is 14.4. The van der Waals surface area contributed by atoms with Crippen molar-refractivity contribution in [1.29, 1.82) is 0 Å². The molecule has 0 spiro atoms. The predicted octanol–water partition coefficient (Wildman–Crippen LogP) is 2.45. The Labute approximate surface area is 174 Å². The van der Waals surface area contributed by atoms with Crippen LogP contribution in [-0.4, -0.2) is 48.9 Å². The molecule has 156 valence electrons. The molecular weight excluding hydrogens is 384 g/mol. The monoisotopic (exact) mass is 409 g/mol. The van der Waals surface area contributed by atoms with Crippen LogP contribution in [0, 0.1) is 6.92 Å². The van der Waals surface area contributed by atoms with Crippen molar-refractivity contribution in [2.24, 2.45) is 0 Å². The van der Waals surface area contributed by atoms with Crippen LogP contribution in [0.25, 0.3) is 11.0 Å². The van der Waals surface area contributed by atoms with Crippen LogP contribution >= 0.6 is 0 Å². The lowest BCUT2D eigenvalue weighted by atomic mass is 9.99. The van der Waals surface area contributed by atoms with Crippen molar-refractivity contribution in [3.8, 4) is 0 Å². The van der Waals surface area contributed by atoms with Gasteiger partial charge in [0.1, 0.15) is 23.1 Å². The van der Waals surface area contributed by atoms with Gasteiger partial charge in [-0.3, -0.25) is 9.59 Å². The van der Waals surface area contributed by atoms with Gasteiger partial charge in [-0.25, -0.2) is 0 Å². The molecule has 7 nitrogen and oxygen atoms in total. The fourth-order valence-electron chi connectivity index (χ4n) is 3.84. The Hall–Kier alpha value is -3.32. The average molecular weight is 409 g/mol. The summed E-state index contributed by atoms with van der Waals surface area (Å²) in [6.07, 6.45) is 0.726. The number of hydrogen-bond acceptors (Lipinski definition) is 5. The number of rotatable bonds is 7. The van der Waals surface area contributed by atoms with E-state index in [0.29, 0.717) is 23.6 Å². The van der Waals surface area contributed by atoms with Gasteiger partial charge in [-0.05, 0) is 31.2 Å². The van der Waals surface area contributed by atoms with Gasteiger partial charge in [0, 0.05) is 18.4 Å². The number of aryl methyl sites for hydroxylation is 1. The number of benzene rings is 1. The van der Waals surface area contributed by atoms with Gasteiger partial charge in [-0.15, -0.1) is 0 Å². The smallest absolute Gasteiger partial charge is 0.290 e. The van der Waals surface area contributed by atoms with Gasteiger partial charge >= 0.3 is 0 Å². The minimum atomic E-state index is -0.788. The summed E-state index contributed by atoms with van der Waals surface area (Å²) in [7, 11) is 4.07. The molecule has 0 bridgehead atoms. The Morgan fingerprint density at radius 2 is 1.93 bits per heavy atom.